The molecule has 0 saturated carbocycles. The Bertz CT molecular complexity index is 1310. The monoisotopic (exact) mass is 578 g/mol. The lowest BCUT2D eigenvalue weighted by Gasteiger charge is -2.31. The number of halogens is 2. The first-order valence-corrected chi connectivity index (χ1v) is 13.7. The number of nitrogens with zero attached hydrogens (tertiary/aromatic N) is 2. The lowest BCUT2D eigenvalue weighted by molar-refractivity contribution is -0.148. The lowest BCUT2D eigenvalue weighted by atomic mass is 10.1. The zero-order chi connectivity index (χ0) is 28.9. The van der Waals surface area contributed by atoms with Crippen molar-refractivity contribution in [3.63, 3.8) is 0 Å². The lowest BCUT2D eigenvalue weighted by Crippen LogP contribution is -2.47. The van der Waals surface area contributed by atoms with E-state index in [2.05, 4.69) is 16.7 Å². The summed E-state index contributed by atoms with van der Waals surface area (Å²) in [6.45, 7) is 4.15. The number of hydrogen-bond acceptors (Lipinski definition) is 10. The number of carbonyl (C=O) groups is 1. The molecule has 4 rings (SSSR count). The molecule has 11 nitrogen and oxygen atoms in total. The molecule has 5 atom stereocenters. The van der Waals surface area contributed by atoms with Gasteiger partial charge in [0.05, 0.1) is 6.61 Å². The van der Waals surface area contributed by atoms with Gasteiger partial charge in [0, 0.05) is 6.20 Å². The van der Waals surface area contributed by atoms with E-state index >= 15 is 8.78 Å². The number of para-hydroxylation sites is 1. The van der Waals surface area contributed by atoms with Gasteiger partial charge in [0.25, 0.3) is 0 Å². The molecular formula is C26H29F2N4O7P. The van der Waals surface area contributed by atoms with Gasteiger partial charge in [-0.2, -0.15) is 13.9 Å². The Morgan fingerprint density at radius 1 is 1.25 bits per heavy atom. The molecule has 1 fully saturated rings. The van der Waals surface area contributed by atoms with Crippen molar-refractivity contribution in [1.29, 1.82) is 0 Å². The standard InChI is InChI=1S/C26H29F2N4O7P/c1-17(24(34)36-15-19-9-5-3-6-10-19)31-40(35,39-20-11-7-4-8-12-20)37-16-21-23(33)26(27,28)25(38-21)32-14-13-22(29)30-18(32)2/h3-14,17,21,23,25,33H,2,15-16H2,1H3,(H2,29,30)(H,31,35)/t17?,21-,23?,25-,40?/m1/s1. The third kappa shape index (κ3) is 6.93. The number of rotatable bonds is 11. The van der Waals surface area contributed by atoms with E-state index in [9.17, 15) is 14.5 Å². The molecule has 2 aliphatic heterocycles. The SMILES string of the molecule is C=C1N=C(N)C=CN1[C@@H]1O[C@H](COP(=O)(NC(C)C(=O)OCc2ccccc2)Oc2ccccc2)C(O)C1(F)F. The van der Waals surface area contributed by atoms with Gasteiger partial charge in [-0.05, 0) is 30.7 Å². The van der Waals surface area contributed by atoms with Crippen LogP contribution < -0.4 is 15.3 Å². The highest BCUT2D eigenvalue weighted by Crippen LogP contribution is 2.47. The molecule has 2 aromatic rings. The van der Waals surface area contributed by atoms with Crippen molar-refractivity contribution in [2.24, 2.45) is 10.7 Å². The highest BCUT2D eigenvalue weighted by atomic mass is 31.2. The summed E-state index contributed by atoms with van der Waals surface area (Å²) in [6, 6.07) is 15.6. The second kappa shape index (κ2) is 12.3. The fraction of sp³-hybridized carbons (Fsp3) is 0.308. The average Bonchev–Trinajstić information content (AvgIpc) is 3.15. The fourth-order valence-electron chi connectivity index (χ4n) is 3.83. The molecule has 0 radical (unpaired) electrons. The van der Waals surface area contributed by atoms with Gasteiger partial charge in [0.1, 0.15) is 36.2 Å². The maximum Gasteiger partial charge on any atom is 0.459 e. The molecule has 0 aromatic heterocycles. The minimum Gasteiger partial charge on any atom is -0.460 e. The predicted octanol–water partition coefficient (Wildman–Crippen LogP) is 3.29. The van der Waals surface area contributed by atoms with E-state index in [-0.39, 0.29) is 24.0 Å². The Balaban J connectivity index is 1.45. The fourth-order valence-corrected chi connectivity index (χ4v) is 5.33. The van der Waals surface area contributed by atoms with Gasteiger partial charge < -0.3 is 29.7 Å². The maximum absolute atomic E-state index is 15.0. The van der Waals surface area contributed by atoms with Crippen LogP contribution in [-0.4, -0.2) is 58.8 Å². The Labute approximate surface area is 229 Å². The molecule has 0 bridgehead atoms. The smallest absolute Gasteiger partial charge is 0.459 e. The number of carbonyl (C=O) groups excluding carboxylic acids is 1. The van der Waals surface area contributed by atoms with Crippen molar-refractivity contribution in [3.05, 3.63) is 90.9 Å². The normalized spacial score (nSPS) is 24.2. The summed E-state index contributed by atoms with van der Waals surface area (Å²) in [5.41, 5.74) is 6.31. The van der Waals surface area contributed by atoms with Crippen LogP contribution >= 0.6 is 7.75 Å². The van der Waals surface area contributed by atoms with Gasteiger partial charge in [-0.1, -0.05) is 55.1 Å². The van der Waals surface area contributed by atoms with E-state index < -0.39 is 50.7 Å². The zero-order valence-corrected chi connectivity index (χ0v) is 22.3. The number of alkyl halides is 2. The first kappa shape index (κ1) is 29.4. The van der Waals surface area contributed by atoms with Gasteiger partial charge >= 0.3 is 19.6 Å². The number of aliphatic imine (C=N–C) groups is 1. The Hall–Kier alpha value is -3.61. The summed E-state index contributed by atoms with van der Waals surface area (Å²) < 4.78 is 65.4. The van der Waals surface area contributed by atoms with Crippen molar-refractivity contribution in [2.45, 2.75) is 43.9 Å². The number of nitrogens with two attached hydrogens (primary N) is 1. The second-order valence-corrected chi connectivity index (χ2v) is 10.7. The van der Waals surface area contributed by atoms with E-state index in [0.29, 0.717) is 0 Å². The molecule has 2 aliphatic rings. The topological polar surface area (TPSA) is 145 Å². The van der Waals surface area contributed by atoms with E-state index in [1.165, 1.54) is 31.3 Å². The predicted molar refractivity (Wildman–Crippen MR) is 141 cm³/mol. The average molecular weight is 579 g/mol. The molecule has 14 heteroatoms. The third-order valence-electron chi connectivity index (χ3n) is 5.90. The molecular weight excluding hydrogens is 549 g/mol. The Morgan fingerprint density at radius 3 is 2.55 bits per heavy atom. The van der Waals surface area contributed by atoms with Gasteiger partial charge in [-0.15, -0.1) is 0 Å². The minimum atomic E-state index is -4.41. The number of nitrogens with one attached hydrogen (secondary N) is 1. The summed E-state index contributed by atoms with van der Waals surface area (Å²) in [7, 11) is -4.41. The number of aliphatic hydroxyl groups excluding tert-OH is 1. The van der Waals surface area contributed by atoms with Crippen molar-refractivity contribution in [2.75, 3.05) is 6.61 Å². The molecule has 1 saturated heterocycles. The zero-order valence-electron chi connectivity index (χ0n) is 21.4. The summed E-state index contributed by atoms with van der Waals surface area (Å²) in [5.74, 6) is -4.51. The minimum absolute atomic E-state index is 0.0269. The van der Waals surface area contributed by atoms with E-state index in [1.54, 1.807) is 42.5 Å². The molecule has 2 aromatic carbocycles. The highest BCUT2D eigenvalue weighted by molar-refractivity contribution is 7.52. The van der Waals surface area contributed by atoms with Crippen molar-refractivity contribution >= 4 is 19.6 Å². The van der Waals surface area contributed by atoms with E-state index in [0.717, 1.165) is 10.5 Å². The van der Waals surface area contributed by atoms with Gasteiger partial charge in [-0.25, -0.2) is 9.56 Å². The molecule has 40 heavy (non-hydrogen) atoms. The first-order chi connectivity index (χ1) is 19.0. The maximum atomic E-state index is 15.0. The molecule has 3 unspecified atom stereocenters. The molecule has 0 amide bonds. The van der Waals surface area contributed by atoms with Gasteiger partial charge in [-0.3, -0.25) is 9.32 Å². The van der Waals surface area contributed by atoms with E-state index in [4.69, 9.17) is 24.3 Å². The molecule has 0 aliphatic carbocycles. The number of benzene rings is 2. The van der Waals surface area contributed by atoms with Crippen molar-refractivity contribution in [1.82, 2.24) is 9.99 Å². The second-order valence-electron chi connectivity index (χ2n) is 8.96. The van der Waals surface area contributed by atoms with Crippen LogP contribution in [0.3, 0.4) is 0 Å². The summed E-state index contributed by atoms with van der Waals surface area (Å²) in [5, 5.41) is 12.8. The number of ether oxygens (including phenoxy) is 2. The van der Waals surface area contributed by atoms with Crippen LogP contribution in [-0.2, 0) is 30.0 Å². The number of hydrogen-bond donors (Lipinski definition) is 3. The third-order valence-corrected chi connectivity index (χ3v) is 7.54. The number of esters is 1. The van der Waals surface area contributed by atoms with Crippen LogP contribution in [0.1, 0.15) is 12.5 Å². The molecule has 4 N–H and O–H groups in total. The van der Waals surface area contributed by atoms with Crippen molar-refractivity contribution < 1.29 is 41.8 Å². The Morgan fingerprint density at radius 2 is 1.90 bits per heavy atom. The first-order valence-electron chi connectivity index (χ1n) is 12.2. The van der Waals surface area contributed by atoms with Gasteiger partial charge in [0.15, 0.2) is 6.10 Å². The van der Waals surface area contributed by atoms with Crippen LogP contribution in [0.4, 0.5) is 8.78 Å². The van der Waals surface area contributed by atoms with Crippen molar-refractivity contribution in [3.8, 4) is 5.75 Å². The van der Waals surface area contributed by atoms with E-state index in [1.807, 2.05) is 6.07 Å². The summed E-state index contributed by atoms with van der Waals surface area (Å²) in [4.78, 5) is 17.3. The molecule has 0 spiro atoms. The summed E-state index contributed by atoms with van der Waals surface area (Å²) >= 11 is 0. The van der Waals surface area contributed by atoms with Crippen LogP contribution in [0.25, 0.3) is 0 Å². The summed E-state index contributed by atoms with van der Waals surface area (Å²) in [6.07, 6.45) is -3.51. The van der Waals surface area contributed by atoms with Crippen LogP contribution in [0, 0.1) is 0 Å². The van der Waals surface area contributed by atoms with Crippen LogP contribution in [0.5, 0.6) is 5.75 Å². The Kier molecular flexibility index (Phi) is 9.02. The van der Waals surface area contributed by atoms with Crippen LogP contribution in [0.15, 0.2) is 90.3 Å². The molecule has 214 valence electrons. The quantitative estimate of drug-likeness (QED) is 0.268. The molecule has 2 heterocycles. The van der Waals surface area contributed by atoms with Crippen LogP contribution in [0.2, 0.25) is 0 Å². The largest absolute Gasteiger partial charge is 0.460 e. The number of amidine groups is 1. The van der Waals surface area contributed by atoms with Gasteiger partial charge in [0.2, 0.25) is 6.23 Å². The highest BCUT2D eigenvalue weighted by Gasteiger charge is 2.61. The number of aliphatic hydroxyl groups is 1.